The van der Waals surface area contributed by atoms with Crippen LogP contribution < -0.4 is 10.6 Å². The molecule has 1 saturated carbocycles. The summed E-state index contributed by atoms with van der Waals surface area (Å²) in [5.74, 6) is -0.457. The molecule has 2 aliphatic rings. The van der Waals surface area contributed by atoms with E-state index in [0.717, 1.165) is 58.0 Å². The number of rotatable bonds is 9. The molecule has 0 aromatic heterocycles. The SMILES string of the molecule is CCCCOCCCNC(=O)Nc1ccc2c(c1)C(=O)N(C1CCCCC1)C2=O. The van der Waals surface area contributed by atoms with Crippen LogP contribution in [0.4, 0.5) is 10.5 Å². The predicted molar refractivity (Wildman–Crippen MR) is 111 cm³/mol. The molecule has 7 nitrogen and oxygen atoms in total. The maximum atomic E-state index is 12.8. The second kappa shape index (κ2) is 10.4. The summed E-state index contributed by atoms with van der Waals surface area (Å²) in [6.45, 7) is 4.00. The molecular formula is C22H31N3O4. The zero-order valence-corrected chi connectivity index (χ0v) is 17.2. The number of fused-ring (bicyclic) bond motifs is 1. The lowest BCUT2D eigenvalue weighted by molar-refractivity contribution is 0.0549. The number of ether oxygens (including phenoxy) is 1. The first kappa shape index (κ1) is 21.3. The minimum atomic E-state index is -0.334. The maximum absolute atomic E-state index is 12.8. The Balaban J connectivity index is 1.51. The van der Waals surface area contributed by atoms with Crippen LogP contribution >= 0.6 is 0 Å². The largest absolute Gasteiger partial charge is 0.381 e. The molecule has 29 heavy (non-hydrogen) atoms. The number of hydrogen-bond donors (Lipinski definition) is 2. The summed E-state index contributed by atoms with van der Waals surface area (Å²) in [7, 11) is 0. The number of imide groups is 1. The highest BCUT2D eigenvalue weighted by Crippen LogP contribution is 2.32. The lowest BCUT2D eigenvalue weighted by Crippen LogP contribution is -2.40. The molecular weight excluding hydrogens is 370 g/mol. The smallest absolute Gasteiger partial charge is 0.319 e. The summed E-state index contributed by atoms with van der Waals surface area (Å²) < 4.78 is 5.46. The van der Waals surface area contributed by atoms with Crippen molar-refractivity contribution in [3.8, 4) is 0 Å². The number of unbranched alkanes of at least 4 members (excludes halogenated alkanes) is 1. The van der Waals surface area contributed by atoms with Crippen molar-refractivity contribution in [3.63, 3.8) is 0 Å². The summed E-state index contributed by atoms with van der Waals surface area (Å²) in [6, 6.07) is 4.57. The molecule has 0 saturated heterocycles. The number of nitrogens with one attached hydrogen (secondary N) is 2. The molecule has 7 heteroatoms. The molecule has 0 spiro atoms. The van der Waals surface area contributed by atoms with Crippen LogP contribution in [0.2, 0.25) is 0 Å². The standard InChI is InChI=1S/C22H31N3O4/c1-2-3-13-29-14-7-12-23-22(28)24-16-10-11-18-19(15-16)21(27)25(20(18)26)17-8-5-4-6-9-17/h10-11,15,17H,2-9,12-14H2,1H3,(H2,23,24,28). The number of urea groups is 1. The van der Waals surface area contributed by atoms with Gasteiger partial charge in [-0.15, -0.1) is 0 Å². The minimum absolute atomic E-state index is 0.00426. The van der Waals surface area contributed by atoms with Gasteiger partial charge in [0.2, 0.25) is 0 Å². The molecule has 0 radical (unpaired) electrons. The molecule has 1 aliphatic carbocycles. The third-order valence-corrected chi connectivity index (χ3v) is 5.51. The monoisotopic (exact) mass is 401 g/mol. The Morgan fingerprint density at radius 1 is 1.07 bits per heavy atom. The summed E-state index contributed by atoms with van der Waals surface area (Å²) in [4.78, 5) is 39.0. The fourth-order valence-electron chi connectivity index (χ4n) is 3.91. The van der Waals surface area contributed by atoms with Gasteiger partial charge in [0.1, 0.15) is 0 Å². The normalized spacial score (nSPS) is 16.8. The Labute approximate surface area is 172 Å². The summed E-state index contributed by atoms with van der Waals surface area (Å²) >= 11 is 0. The van der Waals surface area contributed by atoms with Gasteiger partial charge in [0, 0.05) is 31.5 Å². The average molecular weight is 402 g/mol. The highest BCUT2D eigenvalue weighted by Gasteiger charge is 2.40. The van der Waals surface area contributed by atoms with E-state index in [4.69, 9.17) is 4.74 Å². The first-order valence-corrected chi connectivity index (χ1v) is 10.8. The molecule has 1 heterocycles. The fraction of sp³-hybridized carbons (Fsp3) is 0.591. The van der Waals surface area contributed by atoms with Crippen LogP contribution in [0.25, 0.3) is 0 Å². The molecule has 0 bridgehead atoms. The van der Waals surface area contributed by atoms with E-state index in [-0.39, 0.29) is 23.9 Å². The van der Waals surface area contributed by atoms with Crippen LogP contribution in [-0.2, 0) is 4.74 Å². The highest BCUT2D eigenvalue weighted by atomic mass is 16.5. The zero-order chi connectivity index (χ0) is 20.6. The van der Waals surface area contributed by atoms with Crippen LogP contribution in [-0.4, -0.2) is 48.5 Å². The number of carbonyl (C=O) groups is 3. The predicted octanol–water partition coefficient (Wildman–Crippen LogP) is 3.94. The number of benzene rings is 1. The molecule has 4 amide bonds. The fourth-order valence-corrected chi connectivity index (χ4v) is 3.91. The first-order valence-electron chi connectivity index (χ1n) is 10.8. The van der Waals surface area contributed by atoms with Crippen LogP contribution in [0.3, 0.4) is 0 Å². The Kier molecular flexibility index (Phi) is 7.63. The van der Waals surface area contributed by atoms with E-state index in [2.05, 4.69) is 17.6 Å². The van der Waals surface area contributed by atoms with Crippen LogP contribution in [0.1, 0.15) is 79.0 Å². The van der Waals surface area contributed by atoms with E-state index < -0.39 is 0 Å². The van der Waals surface area contributed by atoms with Gasteiger partial charge in [0.05, 0.1) is 11.1 Å². The van der Waals surface area contributed by atoms with E-state index in [9.17, 15) is 14.4 Å². The molecule has 1 fully saturated rings. The maximum Gasteiger partial charge on any atom is 0.319 e. The second-order valence-electron chi connectivity index (χ2n) is 7.73. The van der Waals surface area contributed by atoms with Gasteiger partial charge in [-0.25, -0.2) is 4.79 Å². The quantitative estimate of drug-likeness (QED) is 0.485. The molecule has 158 valence electrons. The van der Waals surface area contributed by atoms with Crippen LogP contribution in [0.5, 0.6) is 0 Å². The van der Waals surface area contributed by atoms with Crippen molar-refractivity contribution in [1.29, 1.82) is 0 Å². The van der Waals surface area contributed by atoms with E-state index in [0.29, 0.717) is 30.0 Å². The Bertz CT molecular complexity index is 744. The Hall–Kier alpha value is -2.41. The van der Waals surface area contributed by atoms with Gasteiger partial charge in [-0.2, -0.15) is 0 Å². The number of anilines is 1. The van der Waals surface area contributed by atoms with E-state index in [1.54, 1.807) is 18.2 Å². The average Bonchev–Trinajstić information content (AvgIpc) is 2.98. The van der Waals surface area contributed by atoms with Crippen molar-refractivity contribution in [2.45, 2.75) is 64.3 Å². The molecule has 0 atom stereocenters. The van der Waals surface area contributed by atoms with Gasteiger partial charge < -0.3 is 15.4 Å². The number of nitrogens with zero attached hydrogens (tertiary/aromatic N) is 1. The molecule has 1 aromatic rings. The minimum Gasteiger partial charge on any atom is -0.381 e. The highest BCUT2D eigenvalue weighted by molar-refractivity contribution is 6.22. The van der Waals surface area contributed by atoms with E-state index >= 15 is 0 Å². The first-order chi connectivity index (χ1) is 14.1. The van der Waals surface area contributed by atoms with Gasteiger partial charge in [-0.1, -0.05) is 32.6 Å². The van der Waals surface area contributed by atoms with Crippen molar-refractivity contribution >= 4 is 23.5 Å². The zero-order valence-electron chi connectivity index (χ0n) is 17.2. The third kappa shape index (κ3) is 5.35. The number of amides is 4. The summed E-state index contributed by atoms with van der Waals surface area (Å²) in [5.41, 5.74) is 1.31. The Morgan fingerprint density at radius 3 is 2.55 bits per heavy atom. The van der Waals surface area contributed by atoms with Crippen molar-refractivity contribution < 1.29 is 19.1 Å². The van der Waals surface area contributed by atoms with Crippen molar-refractivity contribution in [3.05, 3.63) is 29.3 Å². The lowest BCUT2D eigenvalue weighted by atomic mass is 9.94. The van der Waals surface area contributed by atoms with Gasteiger partial charge in [0.25, 0.3) is 11.8 Å². The molecule has 0 unspecified atom stereocenters. The third-order valence-electron chi connectivity index (χ3n) is 5.51. The Morgan fingerprint density at radius 2 is 1.79 bits per heavy atom. The van der Waals surface area contributed by atoms with Crippen LogP contribution in [0.15, 0.2) is 18.2 Å². The van der Waals surface area contributed by atoms with Gasteiger partial charge in [0.15, 0.2) is 0 Å². The summed E-state index contributed by atoms with van der Waals surface area (Å²) in [5, 5.41) is 5.52. The molecule has 3 rings (SSSR count). The molecule has 1 aliphatic heterocycles. The van der Waals surface area contributed by atoms with Gasteiger partial charge >= 0.3 is 6.03 Å². The van der Waals surface area contributed by atoms with Gasteiger partial charge in [-0.05, 0) is 43.9 Å². The van der Waals surface area contributed by atoms with Crippen molar-refractivity contribution in [2.24, 2.45) is 0 Å². The number of carbonyl (C=O) groups excluding carboxylic acids is 3. The van der Waals surface area contributed by atoms with Crippen LogP contribution in [0, 0.1) is 0 Å². The van der Waals surface area contributed by atoms with Gasteiger partial charge in [-0.3, -0.25) is 14.5 Å². The number of hydrogen-bond acceptors (Lipinski definition) is 4. The van der Waals surface area contributed by atoms with Crippen molar-refractivity contribution in [2.75, 3.05) is 25.1 Å². The molecule has 2 N–H and O–H groups in total. The summed E-state index contributed by atoms with van der Waals surface area (Å²) in [6.07, 6.45) is 7.91. The lowest BCUT2D eigenvalue weighted by Gasteiger charge is -2.29. The van der Waals surface area contributed by atoms with E-state index in [1.807, 2.05) is 0 Å². The van der Waals surface area contributed by atoms with Crippen molar-refractivity contribution in [1.82, 2.24) is 10.2 Å². The van der Waals surface area contributed by atoms with E-state index in [1.165, 1.54) is 4.90 Å². The molecule has 1 aromatic carbocycles. The topological polar surface area (TPSA) is 87.7 Å². The second-order valence-corrected chi connectivity index (χ2v) is 7.73.